The minimum absolute atomic E-state index is 0.0540. The molecule has 4 nitrogen and oxygen atoms in total. The van der Waals surface area contributed by atoms with Crippen LogP contribution in [0.3, 0.4) is 0 Å². The summed E-state index contributed by atoms with van der Waals surface area (Å²) in [6.07, 6.45) is 0. The molecule has 0 N–H and O–H groups in total. The van der Waals surface area contributed by atoms with Gasteiger partial charge < -0.3 is 8.97 Å². The molecule has 0 bridgehead atoms. The molecule has 9 aromatic carbocycles. The highest BCUT2D eigenvalue weighted by Crippen LogP contribution is 2.50. The van der Waals surface area contributed by atoms with Crippen molar-refractivity contribution in [1.82, 2.24) is 18.4 Å². The molecule has 0 spiro atoms. The van der Waals surface area contributed by atoms with Gasteiger partial charge in [0.1, 0.15) is 5.65 Å². The minimum Gasteiger partial charge on any atom is -0.309 e. The van der Waals surface area contributed by atoms with E-state index in [2.05, 4.69) is 225 Å². The van der Waals surface area contributed by atoms with Gasteiger partial charge in [-0.3, -0.25) is 4.40 Å². The summed E-state index contributed by atoms with van der Waals surface area (Å²) >= 11 is 0. The van der Waals surface area contributed by atoms with Crippen LogP contribution in [0.15, 0.2) is 170 Å². The fraction of sp³-hybridized carbons (Fsp3) is 0.127. The lowest BCUT2D eigenvalue weighted by Gasteiger charge is -2.21. The van der Waals surface area contributed by atoms with Crippen molar-refractivity contribution in [2.24, 2.45) is 0 Å². The van der Waals surface area contributed by atoms with Crippen molar-refractivity contribution in [3.8, 4) is 16.8 Å². The van der Waals surface area contributed by atoms with E-state index in [0.29, 0.717) is 0 Å². The Kier molecular flexibility index (Phi) is 6.94. The van der Waals surface area contributed by atoms with Crippen molar-refractivity contribution in [3.63, 3.8) is 0 Å². The van der Waals surface area contributed by atoms with Gasteiger partial charge in [0.05, 0.1) is 44.1 Å². The van der Waals surface area contributed by atoms with Gasteiger partial charge in [0, 0.05) is 59.7 Å². The molecule has 318 valence electrons. The summed E-state index contributed by atoms with van der Waals surface area (Å²) in [6.45, 7) is 14.0. The molecule has 67 heavy (non-hydrogen) atoms. The maximum absolute atomic E-state index is 5.98. The summed E-state index contributed by atoms with van der Waals surface area (Å²) in [5, 5.41) is 16.3. The van der Waals surface area contributed by atoms with Crippen molar-refractivity contribution in [3.05, 3.63) is 181 Å². The summed E-state index contributed by atoms with van der Waals surface area (Å²) in [4.78, 5) is 5.98. The number of benzene rings is 9. The zero-order valence-electron chi connectivity index (χ0n) is 38.5. The van der Waals surface area contributed by atoms with Crippen LogP contribution in [0, 0.1) is 0 Å². The average Bonchev–Trinajstić information content (AvgIpc) is 4.11. The lowest BCUT2D eigenvalue weighted by molar-refractivity contribution is 0.591. The summed E-state index contributed by atoms with van der Waals surface area (Å²) < 4.78 is 7.48. The predicted molar refractivity (Wildman–Crippen MR) is 286 cm³/mol. The van der Waals surface area contributed by atoms with Crippen LogP contribution in [0.4, 0.5) is 0 Å². The van der Waals surface area contributed by atoms with Gasteiger partial charge >= 0.3 is 0 Å². The smallest absolute Gasteiger partial charge is 0.146 e. The van der Waals surface area contributed by atoms with Crippen molar-refractivity contribution < 1.29 is 0 Å². The van der Waals surface area contributed by atoms with Gasteiger partial charge in [-0.25, -0.2) is 4.98 Å². The highest BCUT2D eigenvalue weighted by Gasteiger charge is 2.29. The van der Waals surface area contributed by atoms with Crippen LogP contribution < -0.4 is 0 Å². The average molecular weight is 859 g/mol. The molecule has 6 aromatic heterocycles. The largest absolute Gasteiger partial charge is 0.309 e. The topological polar surface area (TPSA) is 26.6 Å². The fourth-order valence-corrected chi connectivity index (χ4v) is 12.0. The first kappa shape index (κ1) is 37.3. The number of rotatable bonds is 2. The second-order valence-electron chi connectivity index (χ2n) is 21.2. The van der Waals surface area contributed by atoms with Gasteiger partial charge in [-0.1, -0.05) is 133 Å². The van der Waals surface area contributed by atoms with E-state index in [1.54, 1.807) is 0 Å². The first-order valence-electron chi connectivity index (χ1n) is 23.7. The molecule has 0 unspecified atom stereocenters. The van der Waals surface area contributed by atoms with E-state index in [1.807, 2.05) is 0 Å². The molecule has 0 amide bonds. The number of pyridine rings is 1. The number of fused-ring (bicyclic) bond motifs is 18. The Bertz CT molecular complexity index is 4620. The van der Waals surface area contributed by atoms with Crippen molar-refractivity contribution in [1.29, 1.82) is 0 Å². The van der Waals surface area contributed by atoms with E-state index in [9.17, 15) is 0 Å². The Morgan fingerprint density at radius 3 is 1.75 bits per heavy atom. The molecule has 0 saturated carbocycles. The first-order chi connectivity index (χ1) is 32.5. The van der Waals surface area contributed by atoms with Crippen molar-refractivity contribution in [2.75, 3.05) is 0 Å². The second kappa shape index (κ2) is 12.5. The van der Waals surface area contributed by atoms with Crippen LogP contribution in [-0.4, -0.2) is 18.4 Å². The fourth-order valence-electron chi connectivity index (χ4n) is 12.0. The van der Waals surface area contributed by atoms with Gasteiger partial charge in [-0.2, -0.15) is 0 Å². The highest BCUT2D eigenvalue weighted by atomic mass is 15.0. The van der Waals surface area contributed by atoms with Gasteiger partial charge in [0.2, 0.25) is 0 Å². The third kappa shape index (κ3) is 4.84. The number of hydrogen-bond donors (Lipinski definition) is 0. The lowest BCUT2D eigenvalue weighted by Crippen LogP contribution is -2.11. The molecule has 0 aliphatic heterocycles. The molecule has 0 aliphatic rings. The van der Waals surface area contributed by atoms with Crippen LogP contribution in [-0.2, 0) is 10.8 Å². The van der Waals surface area contributed by atoms with Crippen molar-refractivity contribution in [2.45, 2.75) is 52.4 Å². The Hall–Kier alpha value is -7.95. The third-order valence-electron chi connectivity index (χ3n) is 15.3. The molecule has 0 aliphatic carbocycles. The zero-order chi connectivity index (χ0) is 44.8. The molecule has 4 heteroatoms. The molecule has 15 rings (SSSR count). The van der Waals surface area contributed by atoms with E-state index in [4.69, 9.17) is 4.98 Å². The van der Waals surface area contributed by atoms with Crippen LogP contribution >= 0.6 is 0 Å². The Labute approximate surface area is 386 Å². The summed E-state index contributed by atoms with van der Waals surface area (Å²) in [5.41, 5.74) is 16.6. The van der Waals surface area contributed by atoms with E-state index < -0.39 is 0 Å². The van der Waals surface area contributed by atoms with Crippen LogP contribution in [0.5, 0.6) is 0 Å². The van der Waals surface area contributed by atoms with E-state index in [0.717, 1.165) is 22.4 Å². The first-order valence-corrected chi connectivity index (χ1v) is 23.7. The predicted octanol–water partition coefficient (Wildman–Crippen LogP) is 17.0. The highest BCUT2D eigenvalue weighted by molar-refractivity contribution is 6.34. The summed E-state index contributed by atoms with van der Waals surface area (Å²) in [6, 6.07) is 64.1. The second-order valence-corrected chi connectivity index (χ2v) is 21.2. The monoisotopic (exact) mass is 858 g/mol. The molecule has 0 radical (unpaired) electrons. The number of aromatic nitrogens is 4. The molecule has 0 atom stereocenters. The SMILES string of the molecule is CC(C)(C)c1cc(-c2ccc3c(c2)c2ccccc2n3-c2ccccc2)c2c(c1)c1cc3ccccc3c3c4cc5c(nc4n2c13)c1cc(C(C)(C)C)cc2c3cc4ccccc4cc3n5c21. The minimum atomic E-state index is -0.0867. The third-order valence-corrected chi connectivity index (χ3v) is 15.3. The standard InChI is InChI=1S/C63H46N4/c1-62(2,3)39-30-44(38-24-25-53-45(27-38)43-22-14-15-23-52(43)65(53)41-19-8-7-9-20-41)58-49(32-39)47-28-37-18-12-13-21-42(37)56-50-34-55-57(64-61(50)67(58)60(47)56)51-33-40(63(4,5)6)31-48-46-26-35-16-10-11-17-36(35)29-54(46)66(55)59(48)51/h7-34H,1-6H3. The maximum atomic E-state index is 5.98. The number of para-hydroxylation sites is 2. The van der Waals surface area contributed by atoms with Crippen molar-refractivity contribution >= 4 is 120 Å². The number of nitrogens with zero attached hydrogens (tertiary/aromatic N) is 4. The summed E-state index contributed by atoms with van der Waals surface area (Å²) in [5.74, 6) is 0. The zero-order valence-corrected chi connectivity index (χ0v) is 38.5. The van der Waals surface area contributed by atoms with Crippen LogP contribution in [0.25, 0.3) is 137 Å². The summed E-state index contributed by atoms with van der Waals surface area (Å²) in [7, 11) is 0. The van der Waals surface area contributed by atoms with Gasteiger partial charge in [-0.05, 0) is 128 Å². The van der Waals surface area contributed by atoms with Crippen LogP contribution in [0.2, 0.25) is 0 Å². The molecule has 0 fully saturated rings. The normalized spacial score (nSPS) is 13.2. The molecule has 6 heterocycles. The maximum Gasteiger partial charge on any atom is 0.146 e. The van der Waals surface area contributed by atoms with Gasteiger partial charge in [0.15, 0.2) is 0 Å². The quantitative estimate of drug-likeness (QED) is 0.170. The van der Waals surface area contributed by atoms with E-state index >= 15 is 0 Å². The van der Waals surface area contributed by atoms with Gasteiger partial charge in [-0.15, -0.1) is 0 Å². The van der Waals surface area contributed by atoms with E-state index in [-0.39, 0.29) is 10.8 Å². The van der Waals surface area contributed by atoms with Crippen LogP contribution in [0.1, 0.15) is 52.7 Å². The lowest BCUT2D eigenvalue weighted by atomic mass is 9.84. The Morgan fingerprint density at radius 2 is 0.970 bits per heavy atom. The Balaban J connectivity index is 1.13. The number of hydrogen-bond acceptors (Lipinski definition) is 1. The Morgan fingerprint density at radius 1 is 0.373 bits per heavy atom. The molecular formula is C63H46N4. The molecule has 0 saturated heterocycles. The van der Waals surface area contributed by atoms with Gasteiger partial charge in [0.25, 0.3) is 0 Å². The molecular weight excluding hydrogens is 813 g/mol. The molecule has 15 aromatic rings. The van der Waals surface area contributed by atoms with E-state index in [1.165, 1.54) is 125 Å².